The van der Waals surface area contributed by atoms with E-state index in [4.69, 9.17) is 4.74 Å². The van der Waals surface area contributed by atoms with Gasteiger partial charge in [-0.05, 0) is 39.0 Å². The highest BCUT2D eigenvalue weighted by atomic mass is 16.5. The molecule has 0 rings (SSSR count). The monoisotopic (exact) mass is 226 g/mol. The Labute approximate surface area is 100 Å². The molecule has 0 aliphatic heterocycles. The van der Waals surface area contributed by atoms with Crippen molar-refractivity contribution in [2.24, 2.45) is 0 Å². The number of esters is 1. The van der Waals surface area contributed by atoms with Gasteiger partial charge in [0.15, 0.2) is 0 Å². The van der Waals surface area contributed by atoms with Crippen LogP contribution in [-0.2, 0) is 9.53 Å². The van der Waals surface area contributed by atoms with Crippen molar-refractivity contribution in [3.63, 3.8) is 0 Å². The molecule has 0 aliphatic rings. The third-order valence-electron chi connectivity index (χ3n) is 2.63. The fraction of sp³-hybridized carbons (Fsp3) is 0.786. The molecule has 2 heteroatoms. The van der Waals surface area contributed by atoms with Crippen LogP contribution in [0.1, 0.15) is 65.7 Å². The molecule has 0 amide bonds. The normalized spacial score (nSPS) is 11.6. The van der Waals surface area contributed by atoms with Crippen molar-refractivity contribution in [1.82, 2.24) is 0 Å². The zero-order chi connectivity index (χ0) is 12.2. The van der Waals surface area contributed by atoms with E-state index in [1.54, 1.807) is 5.57 Å². The average Bonchev–Trinajstić information content (AvgIpc) is 2.27. The summed E-state index contributed by atoms with van der Waals surface area (Å²) in [6, 6.07) is 0. The number of unbranched alkanes of at least 4 members (excludes halogenated alkanes) is 2. The minimum Gasteiger partial charge on any atom is -0.466 e. The highest BCUT2D eigenvalue weighted by Gasteiger charge is 2.01. The fourth-order valence-corrected chi connectivity index (χ4v) is 1.74. The Kier molecular flexibility index (Phi) is 10.2. The zero-order valence-electron chi connectivity index (χ0n) is 11.1. The molecule has 0 fully saturated rings. The smallest absolute Gasteiger partial charge is 0.305 e. The van der Waals surface area contributed by atoms with Crippen LogP contribution >= 0.6 is 0 Å². The quantitative estimate of drug-likeness (QED) is 0.334. The Bertz CT molecular complexity index is 207. The summed E-state index contributed by atoms with van der Waals surface area (Å²) < 4.78 is 4.88. The van der Waals surface area contributed by atoms with Gasteiger partial charge in [-0.25, -0.2) is 0 Å². The molecule has 2 nitrogen and oxygen atoms in total. The second-order valence-electron chi connectivity index (χ2n) is 3.99. The lowest BCUT2D eigenvalue weighted by atomic mass is 10.0. The van der Waals surface area contributed by atoms with E-state index in [1.165, 1.54) is 12.8 Å². The number of hydrogen-bond acceptors (Lipinski definition) is 2. The minimum atomic E-state index is -0.0534. The molecule has 0 spiro atoms. The van der Waals surface area contributed by atoms with Crippen LogP contribution in [0.3, 0.4) is 0 Å². The maximum Gasteiger partial charge on any atom is 0.305 e. The van der Waals surface area contributed by atoms with Gasteiger partial charge < -0.3 is 4.74 Å². The highest BCUT2D eigenvalue weighted by Crippen LogP contribution is 2.13. The summed E-state index contributed by atoms with van der Waals surface area (Å²) in [4.78, 5) is 11.1. The second kappa shape index (κ2) is 10.7. The number of rotatable bonds is 9. The largest absolute Gasteiger partial charge is 0.466 e. The SMILES string of the molecule is CCC=C(CC)CCCCCC(=O)OCC. The average molecular weight is 226 g/mol. The van der Waals surface area contributed by atoms with Gasteiger partial charge in [0.1, 0.15) is 0 Å². The number of carbonyl (C=O) groups is 1. The van der Waals surface area contributed by atoms with Crippen LogP contribution in [0.25, 0.3) is 0 Å². The Morgan fingerprint density at radius 2 is 1.75 bits per heavy atom. The van der Waals surface area contributed by atoms with Crippen molar-refractivity contribution in [1.29, 1.82) is 0 Å². The summed E-state index contributed by atoms with van der Waals surface area (Å²) >= 11 is 0. The first-order valence-corrected chi connectivity index (χ1v) is 6.58. The molecule has 0 aliphatic carbocycles. The Morgan fingerprint density at radius 1 is 1.06 bits per heavy atom. The van der Waals surface area contributed by atoms with Crippen LogP contribution in [0.2, 0.25) is 0 Å². The molecule has 0 saturated carbocycles. The van der Waals surface area contributed by atoms with Gasteiger partial charge in [0, 0.05) is 6.42 Å². The first-order chi connectivity index (χ1) is 7.74. The van der Waals surface area contributed by atoms with Crippen LogP contribution in [0.15, 0.2) is 11.6 Å². The van der Waals surface area contributed by atoms with Crippen LogP contribution in [0.4, 0.5) is 0 Å². The topological polar surface area (TPSA) is 26.3 Å². The van der Waals surface area contributed by atoms with E-state index in [2.05, 4.69) is 19.9 Å². The second-order valence-corrected chi connectivity index (χ2v) is 3.99. The molecule has 0 atom stereocenters. The van der Waals surface area contributed by atoms with E-state index in [-0.39, 0.29) is 5.97 Å². The molecule has 94 valence electrons. The van der Waals surface area contributed by atoms with E-state index in [1.807, 2.05) is 6.92 Å². The molecule has 0 heterocycles. The molecule has 0 saturated heterocycles. The first kappa shape index (κ1) is 15.2. The Morgan fingerprint density at radius 3 is 2.31 bits per heavy atom. The van der Waals surface area contributed by atoms with E-state index in [9.17, 15) is 4.79 Å². The predicted molar refractivity (Wildman–Crippen MR) is 68.4 cm³/mol. The molecular weight excluding hydrogens is 200 g/mol. The Balaban J connectivity index is 3.45. The third-order valence-corrected chi connectivity index (χ3v) is 2.63. The van der Waals surface area contributed by atoms with E-state index < -0.39 is 0 Å². The molecule has 0 aromatic carbocycles. The number of carbonyl (C=O) groups excluding carboxylic acids is 1. The van der Waals surface area contributed by atoms with E-state index in [0.29, 0.717) is 13.0 Å². The number of ether oxygens (including phenoxy) is 1. The van der Waals surface area contributed by atoms with Gasteiger partial charge in [-0.3, -0.25) is 4.79 Å². The van der Waals surface area contributed by atoms with Gasteiger partial charge in [0.25, 0.3) is 0 Å². The lowest BCUT2D eigenvalue weighted by Gasteiger charge is -2.04. The third kappa shape index (κ3) is 8.51. The fourth-order valence-electron chi connectivity index (χ4n) is 1.74. The summed E-state index contributed by atoms with van der Waals surface area (Å²) in [7, 11) is 0. The molecule has 0 unspecified atom stereocenters. The number of hydrogen-bond donors (Lipinski definition) is 0. The maximum atomic E-state index is 11.1. The van der Waals surface area contributed by atoms with Gasteiger partial charge in [0.05, 0.1) is 6.61 Å². The van der Waals surface area contributed by atoms with Crippen molar-refractivity contribution in [3.8, 4) is 0 Å². The van der Waals surface area contributed by atoms with E-state index in [0.717, 1.165) is 25.7 Å². The minimum absolute atomic E-state index is 0.0534. The van der Waals surface area contributed by atoms with Crippen molar-refractivity contribution >= 4 is 5.97 Å². The summed E-state index contributed by atoms with van der Waals surface area (Å²) in [5.74, 6) is -0.0534. The van der Waals surface area contributed by atoms with Gasteiger partial charge in [-0.1, -0.05) is 31.9 Å². The van der Waals surface area contributed by atoms with Crippen molar-refractivity contribution < 1.29 is 9.53 Å². The molecule has 0 bridgehead atoms. The zero-order valence-corrected chi connectivity index (χ0v) is 11.1. The summed E-state index contributed by atoms with van der Waals surface area (Å²) in [6.07, 6.45) is 9.66. The summed E-state index contributed by atoms with van der Waals surface area (Å²) in [6.45, 7) is 6.73. The van der Waals surface area contributed by atoms with Gasteiger partial charge >= 0.3 is 5.97 Å². The lowest BCUT2D eigenvalue weighted by Crippen LogP contribution is -2.03. The Hall–Kier alpha value is -0.790. The molecule has 0 radical (unpaired) electrons. The van der Waals surface area contributed by atoms with Crippen LogP contribution < -0.4 is 0 Å². The molecule has 0 N–H and O–H groups in total. The van der Waals surface area contributed by atoms with E-state index >= 15 is 0 Å². The number of allylic oxidation sites excluding steroid dienone is 2. The summed E-state index contributed by atoms with van der Waals surface area (Å²) in [5.41, 5.74) is 1.55. The lowest BCUT2D eigenvalue weighted by molar-refractivity contribution is -0.143. The van der Waals surface area contributed by atoms with Gasteiger partial charge in [0.2, 0.25) is 0 Å². The molecular formula is C14H26O2. The van der Waals surface area contributed by atoms with Crippen LogP contribution in [0.5, 0.6) is 0 Å². The van der Waals surface area contributed by atoms with Crippen LogP contribution in [0, 0.1) is 0 Å². The highest BCUT2D eigenvalue weighted by molar-refractivity contribution is 5.69. The molecule has 0 aromatic rings. The van der Waals surface area contributed by atoms with Gasteiger partial charge in [-0.2, -0.15) is 0 Å². The first-order valence-electron chi connectivity index (χ1n) is 6.58. The van der Waals surface area contributed by atoms with Crippen molar-refractivity contribution in [2.45, 2.75) is 65.7 Å². The van der Waals surface area contributed by atoms with Crippen molar-refractivity contribution in [2.75, 3.05) is 6.61 Å². The maximum absolute atomic E-state index is 11.1. The van der Waals surface area contributed by atoms with Gasteiger partial charge in [-0.15, -0.1) is 0 Å². The summed E-state index contributed by atoms with van der Waals surface area (Å²) in [5, 5.41) is 0. The standard InChI is InChI=1S/C14H26O2/c1-4-10-13(5-2)11-8-7-9-12-14(15)16-6-3/h10H,4-9,11-12H2,1-3H3. The predicted octanol–water partition coefficient (Wildman–Crippen LogP) is 4.25. The molecule has 16 heavy (non-hydrogen) atoms. The molecule has 0 aromatic heterocycles. The van der Waals surface area contributed by atoms with Crippen molar-refractivity contribution in [3.05, 3.63) is 11.6 Å². The van der Waals surface area contributed by atoms with Crippen LogP contribution in [-0.4, -0.2) is 12.6 Å².